The molecule has 5 nitrogen and oxygen atoms in total. The molecule has 0 saturated carbocycles. The second kappa shape index (κ2) is 4.57. The van der Waals surface area contributed by atoms with Crippen LogP contribution in [0, 0.1) is 6.92 Å². The zero-order valence-electron chi connectivity index (χ0n) is 8.91. The SMILES string of the molecule is Cc1ccccc1C(Cn1cncn1)=NO. The van der Waals surface area contributed by atoms with Gasteiger partial charge in [0.1, 0.15) is 18.4 Å². The lowest BCUT2D eigenvalue weighted by atomic mass is 10.0. The van der Waals surface area contributed by atoms with Gasteiger partial charge in [0.25, 0.3) is 0 Å². The van der Waals surface area contributed by atoms with Gasteiger partial charge in [0.05, 0.1) is 6.54 Å². The number of nitrogens with zero attached hydrogens (tertiary/aromatic N) is 4. The Labute approximate surface area is 93.1 Å². The minimum Gasteiger partial charge on any atom is -0.411 e. The van der Waals surface area contributed by atoms with Gasteiger partial charge in [-0.15, -0.1) is 0 Å². The molecule has 16 heavy (non-hydrogen) atoms. The third-order valence-electron chi connectivity index (χ3n) is 2.36. The Morgan fingerprint density at radius 3 is 2.88 bits per heavy atom. The van der Waals surface area contributed by atoms with E-state index in [2.05, 4.69) is 15.2 Å². The van der Waals surface area contributed by atoms with Crippen molar-refractivity contribution in [3.8, 4) is 0 Å². The second-order valence-corrected chi connectivity index (χ2v) is 3.45. The molecule has 0 fully saturated rings. The van der Waals surface area contributed by atoms with Crippen LogP contribution < -0.4 is 0 Å². The van der Waals surface area contributed by atoms with Gasteiger partial charge in [0, 0.05) is 5.56 Å². The van der Waals surface area contributed by atoms with Crippen molar-refractivity contribution in [3.05, 3.63) is 48.0 Å². The van der Waals surface area contributed by atoms with Gasteiger partial charge in [-0.3, -0.25) is 0 Å². The van der Waals surface area contributed by atoms with Crippen LogP contribution in [0.4, 0.5) is 0 Å². The summed E-state index contributed by atoms with van der Waals surface area (Å²) in [4.78, 5) is 3.84. The molecule has 0 atom stereocenters. The van der Waals surface area contributed by atoms with E-state index >= 15 is 0 Å². The van der Waals surface area contributed by atoms with Gasteiger partial charge in [-0.05, 0) is 12.5 Å². The number of aromatic nitrogens is 3. The Hall–Kier alpha value is -2.17. The van der Waals surface area contributed by atoms with E-state index in [4.69, 9.17) is 5.21 Å². The number of oxime groups is 1. The summed E-state index contributed by atoms with van der Waals surface area (Å²) in [5, 5.41) is 16.3. The fourth-order valence-electron chi connectivity index (χ4n) is 1.54. The fourth-order valence-corrected chi connectivity index (χ4v) is 1.54. The van der Waals surface area contributed by atoms with E-state index in [1.807, 2.05) is 31.2 Å². The predicted molar refractivity (Wildman–Crippen MR) is 59.5 cm³/mol. The lowest BCUT2D eigenvalue weighted by Crippen LogP contribution is -2.13. The first kappa shape index (κ1) is 10.4. The summed E-state index contributed by atoms with van der Waals surface area (Å²) in [5.74, 6) is 0. The van der Waals surface area contributed by atoms with Gasteiger partial charge in [0.2, 0.25) is 0 Å². The minimum atomic E-state index is 0.404. The topological polar surface area (TPSA) is 63.3 Å². The van der Waals surface area contributed by atoms with Crippen molar-refractivity contribution in [2.75, 3.05) is 0 Å². The molecule has 0 saturated heterocycles. The van der Waals surface area contributed by atoms with E-state index in [0.29, 0.717) is 12.3 Å². The standard InChI is InChI=1S/C11H12N4O/c1-9-4-2-3-5-10(9)11(14-16)6-15-8-12-7-13-15/h2-5,7-8,16H,6H2,1H3. The van der Waals surface area contributed by atoms with E-state index < -0.39 is 0 Å². The number of rotatable bonds is 3. The van der Waals surface area contributed by atoms with Gasteiger partial charge in [0.15, 0.2) is 0 Å². The van der Waals surface area contributed by atoms with E-state index in [1.54, 1.807) is 11.0 Å². The summed E-state index contributed by atoms with van der Waals surface area (Å²) >= 11 is 0. The Kier molecular flexibility index (Phi) is 2.95. The molecular weight excluding hydrogens is 204 g/mol. The summed E-state index contributed by atoms with van der Waals surface area (Å²) in [6.45, 7) is 2.38. The molecule has 1 aromatic carbocycles. The van der Waals surface area contributed by atoms with Gasteiger partial charge in [-0.25, -0.2) is 9.67 Å². The lowest BCUT2D eigenvalue weighted by molar-refractivity contribution is 0.317. The van der Waals surface area contributed by atoms with Crippen LogP contribution in [0.25, 0.3) is 0 Å². The van der Waals surface area contributed by atoms with Crippen LogP contribution in [0.1, 0.15) is 11.1 Å². The Morgan fingerprint density at radius 2 is 2.25 bits per heavy atom. The summed E-state index contributed by atoms with van der Waals surface area (Å²) < 4.78 is 1.61. The number of aryl methyl sites for hydroxylation is 1. The molecular formula is C11H12N4O. The minimum absolute atomic E-state index is 0.404. The highest BCUT2D eigenvalue weighted by Gasteiger charge is 2.08. The van der Waals surface area contributed by atoms with Crippen molar-refractivity contribution >= 4 is 5.71 Å². The zero-order chi connectivity index (χ0) is 11.4. The summed E-state index contributed by atoms with van der Waals surface area (Å²) in [6, 6.07) is 7.75. The molecule has 0 bridgehead atoms. The van der Waals surface area contributed by atoms with Crippen molar-refractivity contribution in [3.63, 3.8) is 0 Å². The molecule has 1 heterocycles. The third kappa shape index (κ3) is 2.08. The number of hydrogen-bond donors (Lipinski definition) is 1. The highest BCUT2D eigenvalue weighted by atomic mass is 16.4. The molecule has 0 aliphatic heterocycles. The van der Waals surface area contributed by atoms with E-state index in [0.717, 1.165) is 11.1 Å². The van der Waals surface area contributed by atoms with Gasteiger partial charge < -0.3 is 5.21 Å². The highest BCUT2D eigenvalue weighted by Crippen LogP contribution is 2.09. The average molecular weight is 216 g/mol. The molecule has 2 aromatic rings. The molecule has 1 N–H and O–H groups in total. The molecule has 0 unspecified atom stereocenters. The molecule has 2 rings (SSSR count). The molecule has 5 heteroatoms. The molecule has 0 amide bonds. The van der Waals surface area contributed by atoms with E-state index in [1.165, 1.54) is 6.33 Å². The van der Waals surface area contributed by atoms with Gasteiger partial charge in [-0.1, -0.05) is 29.4 Å². The van der Waals surface area contributed by atoms with Crippen molar-refractivity contribution < 1.29 is 5.21 Å². The van der Waals surface area contributed by atoms with Crippen LogP contribution in [0.3, 0.4) is 0 Å². The molecule has 0 aliphatic carbocycles. The third-order valence-corrected chi connectivity index (χ3v) is 2.36. The lowest BCUT2D eigenvalue weighted by Gasteiger charge is -2.07. The van der Waals surface area contributed by atoms with Crippen LogP contribution in [0.15, 0.2) is 42.1 Å². The van der Waals surface area contributed by atoms with E-state index in [9.17, 15) is 0 Å². The van der Waals surface area contributed by atoms with Crippen LogP contribution in [-0.4, -0.2) is 25.7 Å². The predicted octanol–water partition coefficient (Wildman–Crippen LogP) is 1.47. The van der Waals surface area contributed by atoms with Crippen LogP contribution in [0.5, 0.6) is 0 Å². The first-order valence-corrected chi connectivity index (χ1v) is 4.90. The van der Waals surface area contributed by atoms with E-state index in [-0.39, 0.29) is 0 Å². The van der Waals surface area contributed by atoms with Crippen molar-refractivity contribution in [1.29, 1.82) is 0 Å². The number of benzene rings is 1. The fraction of sp³-hybridized carbons (Fsp3) is 0.182. The van der Waals surface area contributed by atoms with Crippen LogP contribution in [0.2, 0.25) is 0 Å². The first-order chi connectivity index (χ1) is 7.81. The van der Waals surface area contributed by atoms with Crippen LogP contribution >= 0.6 is 0 Å². The molecule has 0 aliphatic rings. The number of hydrogen-bond acceptors (Lipinski definition) is 4. The molecule has 82 valence electrons. The Balaban J connectivity index is 2.28. The summed E-state index contributed by atoms with van der Waals surface area (Å²) in [7, 11) is 0. The largest absolute Gasteiger partial charge is 0.411 e. The first-order valence-electron chi connectivity index (χ1n) is 4.90. The van der Waals surface area contributed by atoms with Crippen molar-refractivity contribution in [2.24, 2.45) is 5.16 Å². The smallest absolute Gasteiger partial charge is 0.137 e. The maximum Gasteiger partial charge on any atom is 0.137 e. The molecule has 1 aromatic heterocycles. The second-order valence-electron chi connectivity index (χ2n) is 3.45. The Bertz CT molecular complexity index is 490. The maximum absolute atomic E-state index is 9.03. The quantitative estimate of drug-likeness (QED) is 0.480. The summed E-state index contributed by atoms with van der Waals surface area (Å²) in [6.07, 6.45) is 3.04. The Morgan fingerprint density at radius 1 is 1.44 bits per heavy atom. The highest BCUT2D eigenvalue weighted by molar-refractivity contribution is 6.01. The molecule has 0 radical (unpaired) electrons. The van der Waals surface area contributed by atoms with Crippen LogP contribution in [-0.2, 0) is 6.54 Å². The summed E-state index contributed by atoms with van der Waals surface area (Å²) in [5.41, 5.74) is 2.56. The van der Waals surface area contributed by atoms with Gasteiger partial charge >= 0.3 is 0 Å². The maximum atomic E-state index is 9.03. The molecule has 0 spiro atoms. The average Bonchev–Trinajstić information content (AvgIpc) is 2.80. The van der Waals surface area contributed by atoms with Crippen molar-refractivity contribution in [1.82, 2.24) is 14.8 Å². The monoisotopic (exact) mass is 216 g/mol. The van der Waals surface area contributed by atoms with Gasteiger partial charge in [-0.2, -0.15) is 5.10 Å². The van der Waals surface area contributed by atoms with Crippen molar-refractivity contribution in [2.45, 2.75) is 13.5 Å². The zero-order valence-corrected chi connectivity index (χ0v) is 8.91. The normalized spacial score (nSPS) is 11.7.